The molecule has 0 nitrogen and oxygen atoms in total. The summed E-state index contributed by atoms with van der Waals surface area (Å²) in [5, 5.41) is 0. The van der Waals surface area contributed by atoms with Gasteiger partial charge in [0.05, 0.1) is 0 Å². The fourth-order valence-corrected chi connectivity index (χ4v) is 1.02. The molecule has 1 atom stereocenters. The lowest BCUT2D eigenvalue weighted by Crippen LogP contribution is -1.99. The number of rotatable bonds is 0. The van der Waals surface area contributed by atoms with Crippen molar-refractivity contribution in [2.45, 2.75) is 34.1 Å². The Hall–Kier alpha value is -0.590. The first kappa shape index (κ1) is 10.4. The maximum atomic E-state index is 12.8. The molecular weight excluding hydrogens is 139 g/mol. The molecular formula is C10H17F. The van der Waals surface area contributed by atoms with Crippen molar-refractivity contribution in [1.29, 1.82) is 0 Å². The van der Waals surface area contributed by atoms with Gasteiger partial charge < -0.3 is 0 Å². The third-order valence-electron chi connectivity index (χ3n) is 1.67. The average Bonchev–Trinajstić information content (AvgIpc) is 2.04. The highest BCUT2D eigenvalue weighted by atomic mass is 19.1. The summed E-state index contributed by atoms with van der Waals surface area (Å²) < 4.78 is 12.8. The van der Waals surface area contributed by atoms with Crippen molar-refractivity contribution in [3.8, 4) is 0 Å². The second-order valence-electron chi connectivity index (χ2n) is 2.57. The van der Waals surface area contributed by atoms with Crippen molar-refractivity contribution in [1.82, 2.24) is 0 Å². The van der Waals surface area contributed by atoms with Crippen LogP contribution in [0.15, 0.2) is 23.6 Å². The summed E-state index contributed by atoms with van der Waals surface area (Å²) in [7, 11) is 0. The quantitative estimate of drug-likeness (QED) is 0.499. The molecule has 0 N–H and O–H groups in total. The molecule has 0 amide bonds. The van der Waals surface area contributed by atoms with Gasteiger partial charge in [0, 0.05) is 5.92 Å². The van der Waals surface area contributed by atoms with Crippen molar-refractivity contribution in [3.05, 3.63) is 23.6 Å². The van der Waals surface area contributed by atoms with E-state index in [1.165, 1.54) is 0 Å². The summed E-state index contributed by atoms with van der Waals surface area (Å²) in [5.41, 5.74) is 0.786. The van der Waals surface area contributed by atoms with E-state index in [1.807, 2.05) is 39.8 Å². The summed E-state index contributed by atoms with van der Waals surface area (Å²) in [5.74, 6) is 0.160. The Bertz CT molecular complexity index is 166. The maximum Gasteiger partial charge on any atom is 0.106 e. The van der Waals surface area contributed by atoms with Gasteiger partial charge in [0.25, 0.3) is 0 Å². The fraction of sp³-hybridized carbons (Fsp3) is 0.600. The molecule has 0 aromatic heterocycles. The highest BCUT2D eigenvalue weighted by molar-refractivity contribution is 5.25. The average molecular weight is 156 g/mol. The van der Waals surface area contributed by atoms with E-state index in [0.717, 1.165) is 12.0 Å². The van der Waals surface area contributed by atoms with Crippen LogP contribution in [0, 0.1) is 5.92 Å². The Kier molecular flexibility index (Phi) is 4.84. The predicted octanol–water partition coefficient (Wildman–Crippen LogP) is 3.85. The van der Waals surface area contributed by atoms with Crippen molar-refractivity contribution >= 4 is 0 Å². The zero-order valence-electron chi connectivity index (χ0n) is 7.82. The van der Waals surface area contributed by atoms with Crippen LogP contribution in [0.1, 0.15) is 34.1 Å². The standard InChI is InChI=1S/C8H11F.C2H6/c1-6-4-3-5-7(2)8(6)9;1-2/h3-4,7H,5H2,1-2H3;1-2H3. The Morgan fingerprint density at radius 1 is 1.45 bits per heavy atom. The first-order valence-corrected chi connectivity index (χ1v) is 4.24. The SMILES string of the molecule is CC.CC1=C(F)C(C)CC=C1. The van der Waals surface area contributed by atoms with E-state index in [1.54, 1.807) is 0 Å². The number of hydrogen-bond acceptors (Lipinski definition) is 0. The van der Waals surface area contributed by atoms with Crippen LogP contribution >= 0.6 is 0 Å². The molecule has 0 aliphatic heterocycles. The van der Waals surface area contributed by atoms with Crippen LogP contribution in [0.25, 0.3) is 0 Å². The molecule has 0 aromatic carbocycles. The molecule has 0 fully saturated rings. The Morgan fingerprint density at radius 2 is 2.00 bits per heavy atom. The summed E-state index contributed by atoms with van der Waals surface area (Å²) in [6, 6.07) is 0. The minimum Gasteiger partial charge on any atom is -0.211 e. The highest BCUT2D eigenvalue weighted by Crippen LogP contribution is 2.24. The monoisotopic (exact) mass is 156 g/mol. The van der Waals surface area contributed by atoms with E-state index in [0.29, 0.717) is 0 Å². The second-order valence-corrected chi connectivity index (χ2v) is 2.57. The van der Waals surface area contributed by atoms with E-state index in [9.17, 15) is 4.39 Å². The topological polar surface area (TPSA) is 0 Å². The third kappa shape index (κ3) is 2.87. The van der Waals surface area contributed by atoms with E-state index in [2.05, 4.69) is 0 Å². The summed E-state index contributed by atoms with van der Waals surface area (Å²) in [6.45, 7) is 7.71. The summed E-state index contributed by atoms with van der Waals surface area (Å²) >= 11 is 0. The van der Waals surface area contributed by atoms with Gasteiger partial charge in [0.1, 0.15) is 5.83 Å². The van der Waals surface area contributed by atoms with Gasteiger partial charge in [0.15, 0.2) is 0 Å². The third-order valence-corrected chi connectivity index (χ3v) is 1.67. The van der Waals surface area contributed by atoms with Crippen LogP contribution in [-0.2, 0) is 0 Å². The molecule has 0 heterocycles. The minimum atomic E-state index is 0.0532. The van der Waals surface area contributed by atoms with Gasteiger partial charge in [-0.15, -0.1) is 0 Å². The fourth-order valence-electron chi connectivity index (χ4n) is 1.02. The number of halogens is 1. The van der Waals surface area contributed by atoms with Crippen LogP contribution in [-0.4, -0.2) is 0 Å². The van der Waals surface area contributed by atoms with Gasteiger partial charge in [-0.1, -0.05) is 32.9 Å². The lowest BCUT2D eigenvalue weighted by molar-refractivity contribution is 0.483. The van der Waals surface area contributed by atoms with Gasteiger partial charge in [0.2, 0.25) is 0 Å². The second kappa shape index (κ2) is 5.11. The van der Waals surface area contributed by atoms with Crippen LogP contribution in [0.3, 0.4) is 0 Å². The number of allylic oxidation sites excluding steroid dienone is 4. The zero-order valence-corrected chi connectivity index (χ0v) is 7.82. The molecule has 1 aliphatic carbocycles. The van der Waals surface area contributed by atoms with Gasteiger partial charge >= 0.3 is 0 Å². The van der Waals surface area contributed by atoms with Gasteiger partial charge in [-0.25, -0.2) is 4.39 Å². The molecule has 1 unspecified atom stereocenters. The molecule has 0 spiro atoms. The van der Waals surface area contributed by atoms with Gasteiger partial charge in [-0.05, 0) is 18.9 Å². The molecule has 0 saturated heterocycles. The summed E-state index contributed by atoms with van der Waals surface area (Å²) in [6.07, 6.45) is 4.71. The van der Waals surface area contributed by atoms with Crippen LogP contribution < -0.4 is 0 Å². The first-order valence-electron chi connectivity index (χ1n) is 4.24. The van der Waals surface area contributed by atoms with Crippen LogP contribution in [0.5, 0.6) is 0 Å². The molecule has 0 saturated carbocycles. The van der Waals surface area contributed by atoms with E-state index >= 15 is 0 Å². The predicted molar refractivity (Wildman–Crippen MR) is 48.1 cm³/mol. The van der Waals surface area contributed by atoms with Crippen molar-refractivity contribution < 1.29 is 4.39 Å². The lowest BCUT2D eigenvalue weighted by Gasteiger charge is -2.11. The van der Waals surface area contributed by atoms with Gasteiger partial charge in [-0.3, -0.25) is 0 Å². The normalized spacial score (nSPS) is 22.8. The lowest BCUT2D eigenvalue weighted by atomic mass is 9.97. The molecule has 0 bridgehead atoms. The van der Waals surface area contributed by atoms with E-state index in [4.69, 9.17) is 0 Å². The van der Waals surface area contributed by atoms with Crippen LogP contribution in [0.2, 0.25) is 0 Å². The maximum absolute atomic E-state index is 12.8. The Morgan fingerprint density at radius 3 is 2.36 bits per heavy atom. The van der Waals surface area contributed by atoms with Crippen LogP contribution in [0.4, 0.5) is 4.39 Å². The van der Waals surface area contributed by atoms with E-state index in [-0.39, 0.29) is 11.7 Å². The molecule has 11 heavy (non-hydrogen) atoms. The first-order chi connectivity index (χ1) is 5.22. The van der Waals surface area contributed by atoms with Crippen molar-refractivity contribution in [3.63, 3.8) is 0 Å². The molecule has 0 aromatic rings. The molecule has 1 rings (SSSR count). The Labute approximate surface area is 68.8 Å². The summed E-state index contributed by atoms with van der Waals surface area (Å²) in [4.78, 5) is 0. The minimum absolute atomic E-state index is 0.0532. The molecule has 1 aliphatic rings. The Balaban J connectivity index is 0.000000461. The van der Waals surface area contributed by atoms with Gasteiger partial charge in [-0.2, -0.15) is 0 Å². The van der Waals surface area contributed by atoms with Crippen molar-refractivity contribution in [2.75, 3.05) is 0 Å². The number of hydrogen-bond donors (Lipinski definition) is 0. The molecule has 0 radical (unpaired) electrons. The van der Waals surface area contributed by atoms with Crippen molar-refractivity contribution in [2.24, 2.45) is 5.92 Å². The smallest absolute Gasteiger partial charge is 0.106 e. The highest BCUT2D eigenvalue weighted by Gasteiger charge is 2.11. The van der Waals surface area contributed by atoms with E-state index < -0.39 is 0 Å². The zero-order chi connectivity index (χ0) is 8.85. The molecule has 1 heteroatoms. The largest absolute Gasteiger partial charge is 0.211 e. The molecule has 64 valence electrons.